The molecule has 1 atom stereocenters. The van der Waals surface area contributed by atoms with Gasteiger partial charge in [-0.25, -0.2) is 4.98 Å². The van der Waals surface area contributed by atoms with E-state index in [0.717, 1.165) is 25.0 Å². The van der Waals surface area contributed by atoms with Gasteiger partial charge >= 0.3 is 0 Å². The van der Waals surface area contributed by atoms with Crippen LogP contribution in [0.1, 0.15) is 42.7 Å². The standard InChI is InChI=1S/C20H24N4O3.ClH/c1-3-5-14-17-13(19(25)24-8-7-20(2,11-21)12-24)10-15(16-6-4-9-26-16)22-18(17)27-23-14;/h4,6,9-10H,3,5,7-8,11-12,21H2,1-2H3;1H. The molecule has 1 unspecified atom stereocenters. The minimum absolute atomic E-state index is 0. The minimum atomic E-state index is -0.0352. The molecule has 3 aromatic rings. The Morgan fingerprint density at radius 2 is 2.25 bits per heavy atom. The molecule has 4 heterocycles. The number of aromatic nitrogens is 2. The Balaban J connectivity index is 0.00000225. The van der Waals surface area contributed by atoms with Crippen LogP contribution in [0.4, 0.5) is 0 Å². The van der Waals surface area contributed by atoms with Crippen LogP contribution in [0.3, 0.4) is 0 Å². The van der Waals surface area contributed by atoms with E-state index in [-0.39, 0.29) is 23.7 Å². The minimum Gasteiger partial charge on any atom is -0.463 e. The Morgan fingerprint density at radius 1 is 1.43 bits per heavy atom. The Hall–Kier alpha value is -2.38. The van der Waals surface area contributed by atoms with E-state index in [1.54, 1.807) is 18.4 Å². The average molecular weight is 405 g/mol. The summed E-state index contributed by atoms with van der Waals surface area (Å²) in [5.74, 6) is 0.556. The predicted octanol–water partition coefficient (Wildman–Crippen LogP) is 3.67. The van der Waals surface area contributed by atoms with Crippen molar-refractivity contribution in [1.82, 2.24) is 15.0 Å². The van der Waals surface area contributed by atoms with Gasteiger partial charge in [0.25, 0.3) is 11.6 Å². The number of carbonyl (C=O) groups is 1. The fraction of sp³-hybridized carbons (Fsp3) is 0.450. The lowest BCUT2D eigenvalue weighted by molar-refractivity contribution is 0.0778. The molecule has 0 radical (unpaired) electrons. The summed E-state index contributed by atoms with van der Waals surface area (Å²) in [6, 6.07) is 5.39. The summed E-state index contributed by atoms with van der Waals surface area (Å²) in [5.41, 5.74) is 8.15. The molecule has 0 bridgehead atoms. The first kappa shape index (κ1) is 20.4. The zero-order valence-electron chi connectivity index (χ0n) is 16.1. The number of rotatable bonds is 5. The number of amides is 1. The summed E-state index contributed by atoms with van der Waals surface area (Å²) in [6.07, 6.45) is 4.12. The van der Waals surface area contributed by atoms with Crippen LogP contribution in [0, 0.1) is 5.41 Å². The Morgan fingerprint density at radius 3 is 2.89 bits per heavy atom. The van der Waals surface area contributed by atoms with Gasteiger partial charge in [0.1, 0.15) is 5.69 Å². The lowest BCUT2D eigenvalue weighted by Gasteiger charge is -2.22. The lowest BCUT2D eigenvalue weighted by Crippen LogP contribution is -2.34. The molecule has 3 aromatic heterocycles. The van der Waals surface area contributed by atoms with Gasteiger partial charge in [-0.05, 0) is 43.0 Å². The number of nitrogens with zero attached hydrogens (tertiary/aromatic N) is 3. The van der Waals surface area contributed by atoms with E-state index in [0.29, 0.717) is 47.8 Å². The molecule has 4 rings (SSSR count). The van der Waals surface area contributed by atoms with E-state index in [1.807, 2.05) is 11.0 Å². The Bertz CT molecular complexity index is 969. The number of aryl methyl sites for hydroxylation is 1. The second-order valence-electron chi connectivity index (χ2n) is 7.58. The van der Waals surface area contributed by atoms with Crippen LogP contribution < -0.4 is 5.73 Å². The molecule has 0 aliphatic carbocycles. The van der Waals surface area contributed by atoms with Gasteiger partial charge in [0.05, 0.1) is 22.9 Å². The summed E-state index contributed by atoms with van der Waals surface area (Å²) in [6.45, 7) is 6.10. The normalized spacial score (nSPS) is 19.2. The SMILES string of the molecule is CCCc1noc2nc(-c3ccco3)cc(C(=O)N3CCC(C)(CN)C3)c12.Cl. The van der Waals surface area contributed by atoms with Gasteiger partial charge in [-0.1, -0.05) is 25.4 Å². The highest BCUT2D eigenvalue weighted by atomic mass is 35.5. The highest BCUT2D eigenvalue weighted by Gasteiger charge is 2.36. The number of furan rings is 1. The van der Waals surface area contributed by atoms with Gasteiger partial charge in [0.2, 0.25) is 0 Å². The van der Waals surface area contributed by atoms with Crippen molar-refractivity contribution in [2.75, 3.05) is 19.6 Å². The van der Waals surface area contributed by atoms with Crippen LogP contribution in [0.2, 0.25) is 0 Å². The van der Waals surface area contributed by atoms with Crippen molar-refractivity contribution in [1.29, 1.82) is 0 Å². The van der Waals surface area contributed by atoms with Crippen molar-refractivity contribution in [3.63, 3.8) is 0 Å². The molecular formula is C20H25ClN4O3. The molecular weight excluding hydrogens is 380 g/mol. The Kier molecular flexibility index (Phi) is 5.76. The second kappa shape index (κ2) is 7.93. The molecule has 0 aromatic carbocycles. The van der Waals surface area contributed by atoms with Gasteiger partial charge < -0.3 is 19.6 Å². The lowest BCUT2D eigenvalue weighted by atomic mass is 9.90. The monoisotopic (exact) mass is 404 g/mol. The summed E-state index contributed by atoms with van der Waals surface area (Å²) in [5, 5.41) is 4.87. The first-order chi connectivity index (χ1) is 13.0. The second-order valence-corrected chi connectivity index (χ2v) is 7.58. The number of likely N-dealkylation sites (tertiary alicyclic amines) is 1. The fourth-order valence-electron chi connectivity index (χ4n) is 3.67. The molecule has 2 N–H and O–H groups in total. The summed E-state index contributed by atoms with van der Waals surface area (Å²) >= 11 is 0. The fourth-order valence-corrected chi connectivity index (χ4v) is 3.67. The van der Waals surface area contributed by atoms with Crippen molar-refractivity contribution in [3.05, 3.63) is 35.7 Å². The van der Waals surface area contributed by atoms with Crippen molar-refractivity contribution in [3.8, 4) is 11.5 Å². The van der Waals surface area contributed by atoms with Crippen molar-refractivity contribution in [2.45, 2.75) is 33.1 Å². The van der Waals surface area contributed by atoms with Gasteiger partial charge in [-0.15, -0.1) is 12.4 Å². The van der Waals surface area contributed by atoms with E-state index < -0.39 is 0 Å². The smallest absolute Gasteiger partial charge is 0.259 e. The third-order valence-corrected chi connectivity index (χ3v) is 5.35. The van der Waals surface area contributed by atoms with Crippen LogP contribution >= 0.6 is 12.4 Å². The number of nitrogens with two attached hydrogens (primary N) is 1. The van der Waals surface area contributed by atoms with Crippen molar-refractivity contribution < 1.29 is 13.7 Å². The molecule has 1 aliphatic heterocycles. The molecule has 0 spiro atoms. The van der Waals surface area contributed by atoms with Crippen LogP contribution in [-0.4, -0.2) is 40.6 Å². The maximum absolute atomic E-state index is 13.4. The van der Waals surface area contributed by atoms with Crippen LogP contribution in [0.25, 0.3) is 22.6 Å². The molecule has 0 saturated carbocycles. The third kappa shape index (κ3) is 3.52. The molecule has 1 aliphatic rings. The topological polar surface area (TPSA) is 98.4 Å². The number of carbonyl (C=O) groups excluding carboxylic acids is 1. The summed E-state index contributed by atoms with van der Waals surface area (Å²) < 4.78 is 10.9. The van der Waals surface area contributed by atoms with E-state index >= 15 is 0 Å². The van der Waals surface area contributed by atoms with E-state index in [1.165, 1.54) is 0 Å². The van der Waals surface area contributed by atoms with Gasteiger partial charge in [0, 0.05) is 13.1 Å². The van der Waals surface area contributed by atoms with Gasteiger partial charge in [0.15, 0.2) is 5.76 Å². The number of fused-ring (bicyclic) bond motifs is 1. The molecule has 28 heavy (non-hydrogen) atoms. The van der Waals surface area contributed by atoms with E-state index in [2.05, 4.69) is 24.0 Å². The molecule has 150 valence electrons. The van der Waals surface area contributed by atoms with E-state index in [4.69, 9.17) is 14.7 Å². The van der Waals surface area contributed by atoms with Gasteiger partial charge in [-0.2, -0.15) is 0 Å². The quantitative estimate of drug-likeness (QED) is 0.696. The van der Waals surface area contributed by atoms with Crippen molar-refractivity contribution in [2.24, 2.45) is 11.1 Å². The number of halogens is 1. The first-order valence-electron chi connectivity index (χ1n) is 9.37. The predicted molar refractivity (Wildman–Crippen MR) is 108 cm³/mol. The maximum Gasteiger partial charge on any atom is 0.259 e. The van der Waals surface area contributed by atoms with Crippen molar-refractivity contribution >= 4 is 29.4 Å². The zero-order valence-corrected chi connectivity index (χ0v) is 16.9. The third-order valence-electron chi connectivity index (χ3n) is 5.35. The van der Waals surface area contributed by atoms with Crippen LogP contribution in [0.15, 0.2) is 33.4 Å². The highest BCUT2D eigenvalue weighted by molar-refractivity contribution is 6.07. The van der Waals surface area contributed by atoms with Crippen LogP contribution in [0.5, 0.6) is 0 Å². The largest absolute Gasteiger partial charge is 0.463 e. The zero-order chi connectivity index (χ0) is 19.0. The molecule has 7 nitrogen and oxygen atoms in total. The first-order valence-corrected chi connectivity index (χ1v) is 9.37. The molecule has 1 amide bonds. The molecule has 1 fully saturated rings. The summed E-state index contributed by atoms with van der Waals surface area (Å²) in [4.78, 5) is 19.8. The highest BCUT2D eigenvalue weighted by Crippen LogP contribution is 2.33. The number of pyridine rings is 1. The molecule has 1 saturated heterocycles. The summed E-state index contributed by atoms with van der Waals surface area (Å²) in [7, 11) is 0. The number of hydrogen-bond donors (Lipinski definition) is 1. The Labute approximate surface area is 169 Å². The van der Waals surface area contributed by atoms with Crippen LogP contribution in [-0.2, 0) is 6.42 Å². The number of hydrogen-bond acceptors (Lipinski definition) is 6. The van der Waals surface area contributed by atoms with Gasteiger partial charge in [-0.3, -0.25) is 4.79 Å². The maximum atomic E-state index is 13.4. The average Bonchev–Trinajstić information content (AvgIpc) is 3.41. The van der Waals surface area contributed by atoms with E-state index in [9.17, 15) is 4.79 Å². The molecule has 8 heteroatoms.